The van der Waals surface area contributed by atoms with Crippen LogP contribution in [0.1, 0.15) is 24.0 Å². The Morgan fingerprint density at radius 2 is 2.30 bits per heavy atom. The number of piperidine rings is 1. The third-order valence-electron chi connectivity index (χ3n) is 4.01. The van der Waals surface area contributed by atoms with Crippen molar-refractivity contribution in [3.05, 3.63) is 28.3 Å². The predicted octanol–water partition coefficient (Wildman–Crippen LogP) is 2.41. The largest absolute Gasteiger partial charge is 0.467 e. The molecule has 2 aliphatic heterocycles. The molecule has 1 saturated heterocycles. The number of aliphatic hydroxyl groups excluding tert-OH is 1. The second kappa shape index (κ2) is 6.31. The van der Waals surface area contributed by atoms with Crippen LogP contribution in [0, 0.1) is 5.92 Å². The van der Waals surface area contributed by atoms with Crippen molar-refractivity contribution in [2.24, 2.45) is 5.92 Å². The summed E-state index contributed by atoms with van der Waals surface area (Å²) >= 11 is 6.19. The number of nitrogens with zero attached hydrogens (tertiary/aromatic N) is 1. The zero-order chi connectivity index (χ0) is 13.9. The quantitative estimate of drug-likeness (QED) is 0.930. The minimum absolute atomic E-state index is 0.272. The number of likely N-dealkylation sites (tertiary alicyclic amines) is 1. The van der Waals surface area contributed by atoms with E-state index in [0.29, 0.717) is 19.3 Å². The van der Waals surface area contributed by atoms with Crippen LogP contribution in [0.3, 0.4) is 0 Å². The molecule has 1 N–H and O–H groups in total. The van der Waals surface area contributed by atoms with Crippen molar-refractivity contribution in [2.45, 2.75) is 26.0 Å². The lowest BCUT2D eigenvalue weighted by atomic mass is 9.98. The summed E-state index contributed by atoms with van der Waals surface area (Å²) in [6.07, 6.45) is 2.25. The maximum Gasteiger partial charge on any atom is 0.189 e. The Kier molecular flexibility index (Phi) is 4.46. The molecule has 5 heteroatoms. The summed E-state index contributed by atoms with van der Waals surface area (Å²) in [5.41, 5.74) is 2.14. The summed E-state index contributed by atoms with van der Waals surface area (Å²) in [6.45, 7) is 3.96. The van der Waals surface area contributed by atoms with Gasteiger partial charge in [0.15, 0.2) is 6.79 Å². The van der Waals surface area contributed by atoms with Crippen LogP contribution in [0.4, 0.5) is 0 Å². The highest BCUT2D eigenvalue weighted by Gasteiger charge is 2.22. The van der Waals surface area contributed by atoms with Gasteiger partial charge in [0.05, 0.1) is 6.61 Å². The van der Waals surface area contributed by atoms with Crippen LogP contribution in [0.15, 0.2) is 12.1 Å². The number of fused-ring (bicyclic) bond motifs is 1. The van der Waals surface area contributed by atoms with E-state index < -0.39 is 0 Å². The summed E-state index contributed by atoms with van der Waals surface area (Å²) in [5, 5.41) is 10.0. The molecule has 1 fully saturated rings. The zero-order valence-corrected chi connectivity index (χ0v) is 12.2. The van der Waals surface area contributed by atoms with Crippen LogP contribution >= 0.6 is 11.6 Å². The molecular formula is C15H20ClNO3. The molecule has 0 amide bonds. The SMILES string of the molecule is OCC1CCCN(Cc2cc(Cl)cc3c2OCOC3)C1. The first-order valence-corrected chi connectivity index (χ1v) is 7.49. The van der Waals surface area contributed by atoms with Crippen LogP contribution in [-0.2, 0) is 17.9 Å². The van der Waals surface area contributed by atoms with Gasteiger partial charge in [-0.15, -0.1) is 0 Å². The third kappa shape index (κ3) is 3.09. The van der Waals surface area contributed by atoms with E-state index in [-0.39, 0.29) is 6.61 Å². The highest BCUT2D eigenvalue weighted by atomic mass is 35.5. The van der Waals surface area contributed by atoms with Crippen molar-refractivity contribution in [3.8, 4) is 5.75 Å². The lowest BCUT2D eigenvalue weighted by Crippen LogP contribution is -2.36. The number of rotatable bonds is 3. The van der Waals surface area contributed by atoms with E-state index in [1.165, 1.54) is 0 Å². The fraction of sp³-hybridized carbons (Fsp3) is 0.600. The lowest BCUT2D eigenvalue weighted by Gasteiger charge is -2.32. The molecule has 0 radical (unpaired) electrons. The van der Waals surface area contributed by atoms with Crippen molar-refractivity contribution >= 4 is 11.6 Å². The number of ether oxygens (including phenoxy) is 2. The summed E-state index contributed by atoms with van der Waals surface area (Å²) in [6, 6.07) is 3.89. The normalized spacial score (nSPS) is 23.2. The molecule has 1 aromatic rings. The van der Waals surface area contributed by atoms with Gasteiger partial charge in [0.25, 0.3) is 0 Å². The molecule has 2 aliphatic rings. The Morgan fingerprint density at radius 3 is 3.15 bits per heavy atom. The van der Waals surface area contributed by atoms with Gasteiger partial charge in [-0.2, -0.15) is 0 Å². The average Bonchev–Trinajstić information content (AvgIpc) is 2.47. The summed E-state index contributed by atoms with van der Waals surface area (Å²) in [4.78, 5) is 2.37. The molecule has 1 unspecified atom stereocenters. The molecule has 0 aromatic heterocycles. The summed E-state index contributed by atoms with van der Waals surface area (Å²) < 4.78 is 11.0. The minimum Gasteiger partial charge on any atom is -0.467 e. The second-order valence-electron chi connectivity index (χ2n) is 5.59. The Morgan fingerprint density at radius 1 is 1.40 bits per heavy atom. The first-order valence-electron chi connectivity index (χ1n) is 7.11. The molecule has 2 heterocycles. The van der Waals surface area contributed by atoms with Gasteiger partial charge in [0.1, 0.15) is 5.75 Å². The maximum atomic E-state index is 9.32. The molecule has 0 spiro atoms. The third-order valence-corrected chi connectivity index (χ3v) is 4.23. The monoisotopic (exact) mass is 297 g/mol. The van der Waals surface area contributed by atoms with Crippen LogP contribution in [0.2, 0.25) is 5.02 Å². The molecule has 0 aliphatic carbocycles. The van der Waals surface area contributed by atoms with Gasteiger partial charge in [0, 0.05) is 35.8 Å². The van der Waals surface area contributed by atoms with Crippen molar-refractivity contribution in [1.82, 2.24) is 4.90 Å². The van der Waals surface area contributed by atoms with Crippen molar-refractivity contribution in [1.29, 1.82) is 0 Å². The van der Waals surface area contributed by atoms with Crippen LogP contribution in [-0.4, -0.2) is 36.5 Å². The lowest BCUT2D eigenvalue weighted by molar-refractivity contribution is -0.0176. The van der Waals surface area contributed by atoms with E-state index in [2.05, 4.69) is 4.90 Å². The van der Waals surface area contributed by atoms with Crippen LogP contribution < -0.4 is 4.74 Å². The molecule has 4 nitrogen and oxygen atoms in total. The van der Waals surface area contributed by atoms with Crippen LogP contribution in [0.5, 0.6) is 5.75 Å². The summed E-state index contributed by atoms with van der Waals surface area (Å²) in [5.74, 6) is 1.31. The topological polar surface area (TPSA) is 41.9 Å². The molecule has 0 saturated carbocycles. The molecule has 110 valence electrons. The van der Waals surface area contributed by atoms with Crippen LogP contribution in [0.25, 0.3) is 0 Å². The van der Waals surface area contributed by atoms with E-state index in [1.807, 2.05) is 12.1 Å². The smallest absolute Gasteiger partial charge is 0.189 e. The number of hydrogen-bond donors (Lipinski definition) is 1. The van der Waals surface area contributed by atoms with Gasteiger partial charge in [0.2, 0.25) is 0 Å². The fourth-order valence-corrected chi connectivity index (χ4v) is 3.32. The Labute approximate surface area is 124 Å². The van der Waals surface area contributed by atoms with E-state index >= 15 is 0 Å². The minimum atomic E-state index is 0.272. The number of benzene rings is 1. The van der Waals surface area contributed by atoms with Gasteiger partial charge in [-0.3, -0.25) is 4.90 Å². The molecule has 0 bridgehead atoms. The fourth-order valence-electron chi connectivity index (χ4n) is 3.06. The first-order chi connectivity index (χ1) is 9.76. The molecule has 1 aromatic carbocycles. The average molecular weight is 298 g/mol. The van der Waals surface area contributed by atoms with Crippen molar-refractivity contribution < 1.29 is 14.6 Å². The van der Waals surface area contributed by atoms with Gasteiger partial charge in [-0.25, -0.2) is 0 Å². The van der Waals surface area contributed by atoms with E-state index in [9.17, 15) is 5.11 Å². The first kappa shape index (κ1) is 14.1. The van der Waals surface area contributed by atoms with Crippen molar-refractivity contribution in [2.75, 3.05) is 26.5 Å². The number of aliphatic hydroxyl groups is 1. The zero-order valence-electron chi connectivity index (χ0n) is 11.5. The number of hydrogen-bond acceptors (Lipinski definition) is 4. The van der Waals surface area contributed by atoms with E-state index in [0.717, 1.165) is 54.4 Å². The standard InChI is InChI=1S/C15H20ClNO3/c16-14-4-12(15-13(5-14)9-19-10-20-15)7-17-3-1-2-11(6-17)8-18/h4-5,11,18H,1-3,6-10H2. The van der Waals surface area contributed by atoms with E-state index in [1.54, 1.807) is 0 Å². The molecule has 1 atom stereocenters. The predicted molar refractivity (Wildman–Crippen MR) is 76.8 cm³/mol. The maximum absolute atomic E-state index is 9.32. The molecule has 20 heavy (non-hydrogen) atoms. The Balaban J connectivity index is 1.78. The van der Waals surface area contributed by atoms with Gasteiger partial charge < -0.3 is 14.6 Å². The summed E-state index contributed by atoms with van der Waals surface area (Å²) in [7, 11) is 0. The van der Waals surface area contributed by atoms with Gasteiger partial charge in [-0.05, 0) is 37.4 Å². The Bertz CT molecular complexity index is 480. The highest BCUT2D eigenvalue weighted by Crippen LogP contribution is 2.33. The second-order valence-corrected chi connectivity index (χ2v) is 6.03. The molecular weight excluding hydrogens is 278 g/mol. The van der Waals surface area contributed by atoms with Gasteiger partial charge >= 0.3 is 0 Å². The number of halogens is 1. The van der Waals surface area contributed by atoms with Gasteiger partial charge in [-0.1, -0.05) is 11.6 Å². The Hall–Kier alpha value is -0.810. The van der Waals surface area contributed by atoms with Crippen molar-refractivity contribution in [3.63, 3.8) is 0 Å². The highest BCUT2D eigenvalue weighted by molar-refractivity contribution is 6.30. The van der Waals surface area contributed by atoms with E-state index in [4.69, 9.17) is 21.1 Å². The molecule has 3 rings (SSSR count).